The minimum Gasteiger partial charge on any atom is -0.490 e. The van der Waals surface area contributed by atoms with Gasteiger partial charge in [0, 0.05) is 12.1 Å². The van der Waals surface area contributed by atoms with Gasteiger partial charge >= 0.3 is 5.97 Å². The van der Waals surface area contributed by atoms with Crippen molar-refractivity contribution < 1.29 is 28.7 Å². The van der Waals surface area contributed by atoms with E-state index in [4.69, 9.17) is 19.5 Å². The predicted octanol–water partition coefficient (Wildman–Crippen LogP) is 3.61. The van der Waals surface area contributed by atoms with Crippen LogP contribution >= 0.6 is 0 Å². The summed E-state index contributed by atoms with van der Waals surface area (Å²) in [5, 5.41) is 23.7. The fourth-order valence-corrected chi connectivity index (χ4v) is 2.87. The summed E-state index contributed by atoms with van der Waals surface area (Å²) in [6, 6.07) is 18.2. The van der Waals surface area contributed by atoms with E-state index in [1.54, 1.807) is 43.3 Å². The second-order valence-electron chi connectivity index (χ2n) is 7.02. The molecular weight excluding hydrogens is 468 g/mol. The topological polar surface area (TPSA) is 153 Å². The van der Waals surface area contributed by atoms with Crippen molar-refractivity contribution in [3.05, 3.63) is 93.5 Å². The molecule has 3 aromatic carbocycles. The van der Waals surface area contributed by atoms with Crippen LogP contribution in [0.1, 0.15) is 28.4 Å². The molecular formula is C25H20N4O7. The summed E-state index contributed by atoms with van der Waals surface area (Å²) >= 11 is 0. The molecule has 0 unspecified atom stereocenters. The van der Waals surface area contributed by atoms with E-state index in [1.807, 2.05) is 6.07 Å². The molecule has 0 fully saturated rings. The molecule has 0 saturated heterocycles. The van der Waals surface area contributed by atoms with Crippen LogP contribution in [0, 0.1) is 21.4 Å². The summed E-state index contributed by atoms with van der Waals surface area (Å²) in [4.78, 5) is 34.6. The average molecular weight is 488 g/mol. The van der Waals surface area contributed by atoms with Crippen LogP contribution in [0.2, 0.25) is 0 Å². The van der Waals surface area contributed by atoms with E-state index in [0.29, 0.717) is 23.5 Å². The number of hydrazone groups is 1. The fourth-order valence-electron chi connectivity index (χ4n) is 2.87. The minimum atomic E-state index is -0.711. The zero-order valence-electron chi connectivity index (χ0n) is 19.0. The number of carbonyl (C=O) groups is 2. The summed E-state index contributed by atoms with van der Waals surface area (Å²) in [6.07, 6.45) is 1.37. The lowest BCUT2D eigenvalue weighted by atomic mass is 10.2. The number of carbonyl (C=O) groups excluding carboxylic acids is 2. The number of esters is 1. The maximum absolute atomic E-state index is 12.4. The third-order valence-corrected chi connectivity index (χ3v) is 4.55. The number of para-hydroxylation sites is 1. The first kappa shape index (κ1) is 25.4. The maximum atomic E-state index is 12.4. The van der Waals surface area contributed by atoms with Crippen LogP contribution in [0.25, 0.3) is 0 Å². The maximum Gasteiger partial charge on any atom is 0.343 e. The number of non-ortho nitro benzene ring substituents is 1. The van der Waals surface area contributed by atoms with Crippen molar-refractivity contribution in [1.29, 1.82) is 5.26 Å². The summed E-state index contributed by atoms with van der Waals surface area (Å²) in [5.41, 5.74) is 3.17. The van der Waals surface area contributed by atoms with Gasteiger partial charge in [-0.2, -0.15) is 10.4 Å². The van der Waals surface area contributed by atoms with Gasteiger partial charge in [-0.25, -0.2) is 10.2 Å². The molecule has 0 radical (unpaired) electrons. The second-order valence-corrected chi connectivity index (χ2v) is 7.02. The van der Waals surface area contributed by atoms with Gasteiger partial charge in [0.05, 0.1) is 28.9 Å². The monoisotopic (exact) mass is 488 g/mol. The van der Waals surface area contributed by atoms with Gasteiger partial charge < -0.3 is 14.2 Å². The van der Waals surface area contributed by atoms with Crippen LogP contribution in [0.4, 0.5) is 5.69 Å². The second kappa shape index (κ2) is 12.3. The number of rotatable bonds is 10. The van der Waals surface area contributed by atoms with Crippen LogP contribution in [0.5, 0.6) is 17.2 Å². The zero-order valence-corrected chi connectivity index (χ0v) is 19.0. The smallest absolute Gasteiger partial charge is 0.343 e. The van der Waals surface area contributed by atoms with Gasteiger partial charge in [0.15, 0.2) is 18.1 Å². The van der Waals surface area contributed by atoms with Gasteiger partial charge in [0.2, 0.25) is 0 Å². The van der Waals surface area contributed by atoms with Crippen LogP contribution in [0.3, 0.4) is 0 Å². The van der Waals surface area contributed by atoms with E-state index in [9.17, 15) is 19.7 Å². The Labute approximate surface area is 205 Å². The molecule has 182 valence electrons. The van der Waals surface area contributed by atoms with E-state index < -0.39 is 16.8 Å². The quantitative estimate of drug-likeness (QED) is 0.149. The Morgan fingerprint density at radius 1 is 1.06 bits per heavy atom. The highest BCUT2D eigenvalue weighted by Crippen LogP contribution is 2.29. The molecule has 0 spiro atoms. The molecule has 0 aliphatic heterocycles. The Hall–Kier alpha value is -5.24. The molecule has 0 aromatic heterocycles. The number of hydrogen-bond acceptors (Lipinski definition) is 9. The standard InChI is InChI=1S/C25H20N4O7/c1-2-34-23-13-17(15-27-28-24(30)16-35-21-6-4-3-5-19(21)14-26)7-12-22(23)36-25(31)18-8-10-20(11-9-18)29(32)33/h3-13,15H,2,16H2,1H3,(H,28,30)/b27-15+. The van der Waals surface area contributed by atoms with Crippen molar-refractivity contribution in [2.75, 3.05) is 13.2 Å². The molecule has 11 heteroatoms. The van der Waals surface area contributed by atoms with Crippen LogP contribution in [-0.2, 0) is 4.79 Å². The number of nitrogens with zero attached hydrogens (tertiary/aromatic N) is 3. The highest BCUT2D eigenvalue weighted by Gasteiger charge is 2.15. The summed E-state index contributed by atoms with van der Waals surface area (Å²) < 4.78 is 16.3. The molecule has 0 aliphatic carbocycles. The summed E-state index contributed by atoms with van der Waals surface area (Å²) in [7, 11) is 0. The molecule has 3 aromatic rings. The van der Waals surface area contributed by atoms with Crippen LogP contribution in [-0.4, -0.2) is 36.2 Å². The minimum absolute atomic E-state index is 0.135. The number of hydrogen-bond donors (Lipinski definition) is 1. The molecule has 0 saturated carbocycles. The lowest BCUT2D eigenvalue weighted by molar-refractivity contribution is -0.384. The number of nitriles is 1. The van der Waals surface area contributed by atoms with E-state index in [-0.39, 0.29) is 29.4 Å². The van der Waals surface area contributed by atoms with Gasteiger partial charge in [-0.3, -0.25) is 14.9 Å². The van der Waals surface area contributed by atoms with Crippen LogP contribution in [0.15, 0.2) is 71.8 Å². The third kappa shape index (κ3) is 6.88. The number of nitrogens with one attached hydrogen (secondary N) is 1. The Bertz CT molecular complexity index is 1330. The lowest BCUT2D eigenvalue weighted by Gasteiger charge is -2.11. The Morgan fingerprint density at radius 3 is 2.50 bits per heavy atom. The van der Waals surface area contributed by atoms with Crippen molar-refractivity contribution in [3.63, 3.8) is 0 Å². The highest BCUT2D eigenvalue weighted by molar-refractivity contribution is 5.92. The van der Waals surface area contributed by atoms with Crippen molar-refractivity contribution in [2.24, 2.45) is 5.10 Å². The number of ether oxygens (including phenoxy) is 3. The van der Waals surface area contributed by atoms with E-state index in [2.05, 4.69) is 10.5 Å². The number of amides is 1. The van der Waals surface area contributed by atoms with Crippen molar-refractivity contribution in [2.45, 2.75) is 6.92 Å². The Morgan fingerprint density at radius 2 is 1.81 bits per heavy atom. The van der Waals surface area contributed by atoms with E-state index >= 15 is 0 Å². The summed E-state index contributed by atoms with van der Waals surface area (Å²) in [6.45, 7) is 1.71. The van der Waals surface area contributed by atoms with Gasteiger partial charge in [-0.1, -0.05) is 12.1 Å². The molecule has 36 heavy (non-hydrogen) atoms. The van der Waals surface area contributed by atoms with Gasteiger partial charge in [-0.05, 0) is 55.0 Å². The SMILES string of the molecule is CCOc1cc(/C=N/NC(=O)COc2ccccc2C#N)ccc1OC(=O)c1ccc([N+](=O)[O-])cc1. The molecule has 0 atom stereocenters. The first-order valence-corrected chi connectivity index (χ1v) is 10.6. The number of nitro benzene ring substituents is 1. The lowest BCUT2D eigenvalue weighted by Crippen LogP contribution is -2.24. The Balaban J connectivity index is 1.61. The largest absolute Gasteiger partial charge is 0.490 e. The first-order chi connectivity index (χ1) is 17.4. The zero-order chi connectivity index (χ0) is 25.9. The van der Waals surface area contributed by atoms with Crippen molar-refractivity contribution in [3.8, 4) is 23.3 Å². The van der Waals surface area contributed by atoms with Gasteiger partial charge in [0.1, 0.15) is 11.8 Å². The molecule has 1 amide bonds. The molecule has 3 rings (SSSR count). The molecule has 0 bridgehead atoms. The van der Waals surface area contributed by atoms with Crippen molar-refractivity contribution >= 4 is 23.8 Å². The normalized spacial score (nSPS) is 10.3. The van der Waals surface area contributed by atoms with Gasteiger partial charge in [0.25, 0.3) is 11.6 Å². The van der Waals surface area contributed by atoms with Crippen LogP contribution < -0.4 is 19.6 Å². The third-order valence-electron chi connectivity index (χ3n) is 4.55. The van der Waals surface area contributed by atoms with Gasteiger partial charge in [-0.15, -0.1) is 0 Å². The van der Waals surface area contributed by atoms with E-state index in [0.717, 1.165) is 0 Å². The number of nitro groups is 1. The average Bonchev–Trinajstić information content (AvgIpc) is 2.89. The molecule has 11 nitrogen and oxygen atoms in total. The summed E-state index contributed by atoms with van der Waals surface area (Å²) in [5.74, 6) is -0.542. The highest BCUT2D eigenvalue weighted by atomic mass is 16.6. The molecule has 0 aliphatic rings. The Kier molecular flexibility index (Phi) is 8.66. The first-order valence-electron chi connectivity index (χ1n) is 10.6. The fraction of sp³-hybridized carbons (Fsp3) is 0.120. The number of benzene rings is 3. The van der Waals surface area contributed by atoms with Crippen molar-refractivity contribution in [1.82, 2.24) is 5.43 Å². The molecule has 0 heterocycles. The predicted molar refractivity (Wildman–Crippen MR) is 128 cm³/mol. The van der Waals surface area contributed by atoms with E-state index in [1.165, 1.54) is 36.5 Å². The molecule has 1 N–H and O–H groups in total.